The zero-order valence-corrected chi connectivity index (χ0v) is 15.0. The summed E-state index contributed by atoms with van der Waals surface area (Å²) in [5.74, 6) is -5.14. The van der Waals surface area contributed by atoms with Crippen molar-refractivity contribution in [3.05, 3.63) is 0 Å². The maximum absolute atomic E-state index is 9.24. The van der Waals surface area contributed by atoms with Gasteiger partial charge in [-0.1, -0.05) is 0 Å². The first-order chi connectivity index (χ1) is 9.08. The number of hydrogen-bond acceptors (Lipinski definition) is 4. The molecular formula is C8H12Cl4O8Tc. The zero-order valence-electron chi connectivity index (χ0n) is 10.1. The fourth-order valence-electron chi connectivity index (χ4n) is 0. The summed E-state index contributed by atoms with van der Waals surface area (Å²) in [4.78, 5) is 36.9. The molecule has 8 nitrogen and oxygen atoms in total. The van der Waals surface area contributed by atoms with Crippen LogP contribution in [0, 0.1) is 0 Å². The Morgan fingerprint density at radius 3 is 0.571 bits per heavy atom. The number of carbonyl (C=O) groups is 4. The van der Waals surface area contributed by atoms with Crippen LogP contribution in [0.25, 0.3) is 0 Å². The zero-order chi connectivity index (χ0) is 17.1. The SMILES string of the molecule is O=C(O)CCl.O=C(O)CCl.O=C(O)CCl.O=C(O)CCl.[Tc]. The minimum atomic E-state index is -0.980. The van der Waals surface area contributed by atoms with Gasteiger partial charge in [0.15, 0.2) is 0 Å². The quantitative estimate of drug-likeness (QED) is 0.443. The van der Waals surface area contributed by atoms with Crippen LogP contribution in [0.3, 0.4) is 0 Å². The molecule has 0 atom stereocenters. The minimum absolute atomic E-state index is 0. The second-order valence-corrected chi connectivity index (χ2v) is 3.18. The van der Waals surface area contributed by atoms with E-state index in [0.29, 0.717) is 0 Å². The molecule has 0 rings (SSSR count). The van der Waals surface area contributed by atoms with Crippen LogP contribution in [-0.4, -0.2) is 67.8 Å². The van der Waals surface area contributed by atoms with Crippen LogP contribution in [0.15, 0.2) is 0 Å². The van der Waals surface area contributed by atoms with Crippen LogP contribution in [0.5, 0.6) is 0 Å². The van der Waals surface area contributed by atoms with Crippen molar-refractivity contribution in [2.75, 3.05) is 23.5 Å². The van der Waals surface area contributed by atoms with E-state index < -0.39 is 23.9 Å². The molecule has 1 radical (unpaired) electrons. The van der Waals surface area contributed by atoms with Gasteiger partial charge in [-0.05, 0) is 0 Å². The van der Waals surface area contributed by atoms with E-state index in [4.69, 9.17) is 66.8 Å². The van der Waals surface area contributed by atoms with Crippen molar-refractivity contribution in [2.45, 2.75) is 0 Å². The Morgan fingerprint density at radius 2 is 0.571 bits per heavy atom. The van der Waals surface area contributed by atoms with Gasteiger partial charge in [0.05, 0.1) is 0 Å². The number of carboxylic acid groups (broad SMARTS) is 4. The van der Waals surface area contributed by atoms with E-state index >= 15 is 0 Å². The molecule has 0 fully saturated rings. The molecule has 21 heavy (non-hydrogen) atoms. The molecule has 0 aliphatic heterocycles. The van der Waals surface area contributed by atoms with Gasteiger partial charge in [0.1, 0.15) is 23.5 Å². The molecule has 4 N–H and O–H groups in total. The predicted octanol–water partition coefficient (Wildman–Crippen LogP) is 1.24. The summed E-state index contributed by atoms with van der Waals surface area (Å²) in [5, 5.41) is 30.4. The largest absolute Gasteiger partial charge is 0.480 e. The third kappa shape index (κ3) is 104. The van der Waals surface area contributed by atoms with E-state index in [0.717, 1.165) is 0 Å². The molecule has 0 spiro atoms. The summed E-state index contributed by atoms with van der Waals surface area (Å²) in [6.45, 7) is 0. The van der Waals surface area contributed by atoms with Crippen LogP contribution >= 0.6 is 46.4 Å². The van der Waals surface area contributed by atoms with Crippen molar-refractivity contribution in [1.82, 2.24) is 0 Å². The molecule has 13 heteroatoms. The molecule has 0 unspecified atom stereocenters. The molecule has 0 heterocycles. The van der Waals surface area contributed by atoms with Gasteiger partial charge in [-0.2, -0.15) is 0 Å². The maximum Gasteiger partial charge on any atom is 0.318 e. The average Bonchev–Trinajstić information content (AvgIpc) is 2.40. The van der Waals surface area contributed by atoms with Crippen LogP contribution in [0.4, 0.5) is 0 Å². The van der Waals surface area contributed by atoms with Gasteiger partial charge in [-0.25, -0.2) is 0 Å². The van der Waals surface area contributed by atoms with E-state index in [1.807, 2.05) is 0 Å². The van der Waals surface area contributed by atoms with E-state index in [1.165, 1.54) is 0 Å². The summed E-state index contributed by atoms with van der Waals surface area (Å²) in [6.07, 6.45) is 0. The van der Waals surface area contributed by atoms with E-state index in [9.17, 15) is 19.2 Å². The molecule has 0 saturated carbocycles. The molecule has 0 saturated heterocycles. The summed E-state index contributed by atoms with van der Waals surface area (Å²) < 4.78 is 0. The van der Waals surface area contributed by atoms with Gasteiger partial charge in [0.2, 0.25) is 0 Å². The summed E-state index contributed by atoms with van der Waals surface area (Å²) in [7, 11) is 0. The molecule has 0 aliphatic carbocycles. The second kappa shape index (κ2) is 27.9. The summed E-state index contributed by atoms with van der Waals surface area (Å²) in [5.41, 5.74) is 0. The van der Waals surface area contributed by atoms with Crippen LogP contribution in [0.1, 0.15) is 0 Å². The van der Waals surface area contributed by atoms with Crippen molar-refractivity contribution in [3.8, 4) is 0 Å². The standard InChI is InChI=1S/4C2H3ClO2.Tc/c4*3-1-2(4)5;/h4*1H2,(H,4,5);. The maximum atomic E-state index is 9.24. The number of aliphatic carboxylic acids is 4. The van der Waals surface area contributed by atoms with Crippen LogP contribution < -0.4 is 0 Å². The number of carboxylic acids is 4. The Hall–Kier alpha value is -0.311. The fourth-order valence-corrected chi connectivity index (χ4v) is 0. The Bertz CT molecular complexity index is 233. The fraction of sp³-hybridized carbons (Fsp3) is 0.500. The Labute approximate surface area is 153 Å². The van der Waals surface area contributed by atoms with Gasteiger partial charge < -0.3 is 20.4 Å². The number of halogens is 4. The van der Waals surface area contributed by atoms with Gasteiger partial charge in [-0.3, -0.25) is 19.2 Å². The van der Waals surface area contributed by atoms with E-state index in [1.54, 1.807) is 0 Å². The molecule has 0 aromatic rings. The number of rotatable bonds is 4. The minimum Gasteiger partial charge on any atom is -0.480 e. The van der Waals surface area contributed by atoms with Crippen molar-refractivity contribution < 1.29 is 59.7 Å². The number of alkyl halides is 4. The summed E-state index contributed by atoms with van der Waals surface area (Å²) in [6, 6.07) is 0. The molecular weight excluding hydrogens is 464 g/mol. The first kappa shape index (κ1) is 32.6. The van der Waals surface area contributed by atoms with Crippen molar-refractivity contribution in [2.24, 2.45) is 0 Å². The molecule has 0 amide bonds. The Morgan fingerprint density at radius 1 is 0.524 bits per heavy atom. The normalized spacial score (nSPS) is 7.05. The van der Waals surface area contributed by atoms with E-state index in [2.05, 4.69) is 0 Å². The first-order valence-electron chi connectivity index (χ1n) is 4.19. The smallest absolute Gasteiger partial charge is 0.318 e. The molecule has 0 aromatic heterocycles. The Kier molecular flexibility index (Phi) is 43.4. The first-order valence-corrected chi connectivity index (χ1v) is 6.33. The topological polar surface area (TPSA) is 149 Å². The molecule has 0 bridgehead atoms. The molecule has 127 valence electrons. The number of hydrogen-bond donors (Lipinski definition) is 4. The third-order valence-electron chi connectivity index (χ3n) is 0.457. The predicted molar refractivity (Wildman–Crippen MR) is 73.4 cm³/mol. The monoisotopic (exact) mass is 473 g/mol. The molecule has 0 aromatic carbocycles. The molecule has 0 aliphatic rings. The van der Waals surface area contributed by atoms with E-state index in [-0.39, 0.29) is 43.6 Å². The van der Waals surface area contributed by atoms with Crippen LogP contribution in [0.2, 0.25) is 0 Å². The van der Waals surface area contributed by atoms with Crippen molar-refractivity contribution in [1.29, 1.82) is 0 Å². The Balaban J connectivity index is -0.0000000533. The van der Waals surface area contributed by atoms with Gasteiger partial charge >= 0.3 is 23.9 Å². The third-order valence-corrected chi connectivity index (χ3v) is 1.37. The van der Waals surface area contributed by atoms with Crippen molar-refractivity contribution >= 4 is 70.3 Å². The van der Waals surface area contributed by atoms with Gasteiger partial charge in [0.25, 0.3) is 0 Å². The summed E-state index contributed by atoms with van der Waals surface area (Å²) >= 11 is 18.9. The van der Waals surface area contributed by atoms with Gasteiger partial charge in [0, 0.05) is 20.1 Å². The van der Waals surface area contributed by atoms with Crippen LogP contribution in [-0.2, 0) is 39.3 Å². The average molecular weight is 476 g/mol. The van der Waals surface area contributed by atoms with Gasteiger partial charge in [-0.15, -0.1) is 46.4 Å². The van der Waals surface area contributed by atoms with Crippen molar-refractivity contribution in [3.63, 3.8) is 0 Å². The second-order valence-electron chi connectivity index (χ2n) is 2.11.